The van der Waals surface area contributed by atoms with Crippen molar-refractivity contribution in [3.05, 3.63) is 69.3 Å². The van der Waals surface area contributed by atoms with Crippen LogP contribution in [0.3, 0.4) is 0 Å². The van der Waals surface area contributed by atoms with E-state index in [0.29, 0.717) is 6.04 Å². The summed E-state index contributed by atoms with van der Waals surface area (Å²) in [5, 5.41) is 3.56. The van der Waals surface area contributed by atoms with E-state index in [2.05, 4.69) is 89.4 Å². The number of hydrogen-bond donors (Lipinski definition) is 1. The average molecular weight is 351 g/mol. The van der Waals surface area contributed by atoms with Gasteiger partial charge >= 0.3 is 0 Å². The highest BCUT2D eigenvalue weighted by Gasteiger charge is 2.10. The van der Waals surface area contributed by atoms with Crippen LogP contribution in [0.1, 0.15) is 24.1 Å². The summed E-state index contributed by atoms with van der Waals surface area (Å²) in [7, 11) is 0. The Morgan fingerprint density at radius 1 is 1.00 bits per heavy atom. The molecule has 1 unspecified atom stereocenters. The monoisotopic (exact) mass is 351 g/mol. The lowest BCUT2D eigenvalue weighted by Crippen LogP contribution is -2.22. The number of rotatable bonds is 5. The van der Waals surface area contributed by atoms with Crippen molar-refractivity contribution in [2.75, 3.05) is 6.54 Å². The summed E-state index contributed by atoms with van der Waals surface area (Å²) in [6, 6.07) is 19.8. The van der Waals surface area contributed by atoms with Gasteiger partial charge in [-0.25, -0.2) is 0 Å². The first kappa shape index (κ1) is 13.6. The van der Waals surface area contributed by atoms with Gasteiger partial charge in [-0.2, -0.15) is 0 Å². The molecule has 0 aliphatic carbocycles. The Hall–Kier alpha value is -0.870. The molecule has 0 aliphatic rings. The van der Waals surface area contributed by atoms with Crippen LogP contribution in [-0.2, 0) is 6.42 Å². The van der Waals surface area contributed by atoms with Gasteiger partial charge < -0.3 is 5.32 Å². The fourth-order valence-corrected chi connectivity index (χ4v) is 2.46. The smallest absolute Gasteiger partial charge is 0.0360 e. The van der Waals surface area contributed by atoms with Gasteiger partial charge in [-0.05, 0) is 58.8 Å². The van der Waals surface area contributed by atoms with Crippen LogP contribution >= 0.6 is 22.6 Å². The van der Waals surface area contributed by atoms with Crippen LogP contribution in [0, 0.1) is 3.57 Å². The van der Waals surface area contributed by atoms with Gasteiger partial charge in [0.1, 0.15) is 0 Å². The van der Waals surface area contributed by atoms with Crippen molar-refractivity contribution in [3.8, 4) is 0 Å². The molecule has 2 aromatic carbocycles. The van der Waals surface area contributed by atoms with E-state index in [-0.39, 0.29) is 0 Å². The summed E-state index contributed by atoms with van der Waals surface area (Å²) >= 11 is 2.34. The van der Waals surface area contributed by atoms with E-state index < -0.39 is 0 Å². The Labute approximate surface area is 123 Å². The summed E-state index contributed by atoms with van der Waals surface area (Å²) in [5.74, 6) is 0. The first-order chi connectivity index (χ1) is 8.79. The van der Waals surface area contributed by atoms with Crippen molar-refractivity contribution in [2.45, 2.75) is 19.4 Å². The Bertz CT molecular complexity index is 464. The molecular formula is C16H18IN. The zero-order valence-corrected chi connectivity index (χ0v) is 12.7. The molecule has 0 bridgehead atoms. The van der Waals surface area contributed by atoms with Gasteiger partial charge in [-0.1, -0.05) is 49.4 Å². The van der Waals surface area contributed by atoms with Gasteiger partial charge in [0.05, 0.1) is 0 Å². The second kappa shape index (κ2) is 6.90. The summed E-state index contributed by atoms with van der Waals surface area (Å²) in [6.45, 7) is 3.15. The third-order valence-electron chi connectivity index (χ3n) is 3.01. The van der Waals surface area contributed by atoms with E-state index >= 15 is 0 Å². The van der Waals surface area contributed by atoms with Crippen molar-refractivity contribution in [1.29, 1.82) is 0 Å². The predicted molar refractivity (Wildman–Crippen MR) is 85.7 cm³/mol. The third-order valence-corrected chi connectivity index (χ3v) is 3.72. The molecule has 2 rings (SSSR count). The lowest BCUT2D eigenvalue weighted by molar-refractivity contribution is 0.550. The molecule has 0 heterocycles. The summed E-state index contributed by atoms with van der Waals surface area (Å²) in [6.07, 6.45) is 1.04. The quantitative estimate of drug-likeness (QED) is 0.797. The second-order valence-corrected chi connectivity index (χ2v) is 5.60. The highest BCUT2D eigenvalue weighted by Crippen LogP contribution is 2.19. The van der Waals surface area contributed by atoms with Gasteiger partial charge in [0, 0.05) is 9.61 Å². The molecule has 1 nitrogen and oxygen atoms in total. The Morgan fingerprint density at radius 3 is 2.28 bits per heavy atom. The second-order valence-electron chi connectivity index (χ2n) is 4.35. The lowest BCUT2D eigenvalue weighted by Gasteiger charge is -2.18. The minimum absolute atomic E-state index is 0.398. The molecule has 0 amide bonds. The van der Waals surface area contributed by atoms with Gasteiger partial charge in [0.2, 0.25) is 0 Å². The number of likely N-dealkylation sites (N-methyl/N-ethyl adjacent to an activating group) is 1. The summed E-state index contributed by atoms with van der Waals surface area (Å²) in [4.78, 5) is 0. The van der Waals surface area contributed by atoms with Crippen LogP contribution in [0.4, 0.5) is 0 Å². The highest BCUT2D eigenvalue weighted by molar-refractivity contribution is 14.1. The zero-order chi connectivity index (χ0) is 12.8. The zero-order valence-electron chi connectivity index (χ0n) is 10.6. The average Bonchev–Trinajstić information content (AvgIpc) is 2.40. The fourth-order valence-electron chi connectivity index (χ4n) is 2.10. The molecule has 0 radical (unpaired) electrons. The maximum atomic E-state index is 3.56. The van der Waals surface area contributed by atoms with Crippen molar-refractivity contribution < 1.29 is 0 Å². The minimum atomic E-state index is 0.398. The van der Waals surface area contributed by atoms with E-state index in [1.807, 2.05) is 0 Å². The number of benzene rings is 2. The third kappa shape index (κ3) is 3.82. The molecule has 2 heteroatoms. The van der Waals surface area contributed by atoms with Gasteiger partial charge in [-0.3, -0.25) is 0 Å². The number of hydrogen-bond acceptors (Lipinski definition) is 1. The van der Waals surface area contributed by atoms with Crippen molar-refractivity contribution in [1.82, 2.24) is 5.32 Å². The Morgan fingerprint density at radius 2 is 1.67 bits per heavy atom. The largest absolute Gasteiger partial charge is 0.310 e. The summed E-state index contributed by atoms with van der Waals surface area (Å²) in [5.41, 5.74) is 2.74. The minimum Gasteiger partial charge on any atom is -0.310 e. The van der Waals surface area contributed by atoms with Crippen LogP contribution in [0.5, 0.6) is 0 Å². The fraction of sp³-hybridized carbons (Fsp3) is 0.250. The van der Waals surface area contributed by atoms with E-state index in [4.69, 9.17) is 0 Å². The van der Waals surface area contributed by atoms with Crippen molar-refractivity contribution >= 4 is 22.6 Å². The van der Waals surface area contributed by atoms with Crippen LogP contribution < -0.4 is 5.32 Å². The topological polar surface area (TPSA) is 12.0 Å². The molecule has 1 N–H and O–H groups in total. The molecule has 0 fully saturated rings. The molecule has 2 aromatic rings. The molecule has 0 spiro atoms. The predicted octanol–water partition coefficient (Wildman–Crippen LogP) is 4.18. The SMILES string of the molecule is CCNC(Cc1ccccc1)c1ccc(I)cc1. The van der Waals surface area contributed by atoms with Crippen LogP contribution in [0.15, 0.2) is 54.6 Å². The molecule has 0 aliphatic heterocycles. The molecule has 18 heavy (non-hydrogen) atoms. The van der Waals surface area contributed by atoms with Crippen LogP contribution in [0.25, 0.3) is 0 Å². The maximum Gasteiger partial charge on any atom is 0.0360 e. The standard InChI is InChI=1S/C16H18IN/c1-2-18-16(12-13-6-4-3-5-7-13)14-8-10-15(17)11-9-14/h3-11,16,18H,2,12H2,1H3. The van der Waals surface area contributed by atoms with E-state index in [9.17, 15) is 0 Å². The van der Waals surface area contributed by atoms with Gasteiger partial charge in [0.25, 0.3) is 0 Å². The lowest BCUT2D eigenvalue weighted by atomic mass is 9.99. The normalized spacial score (nSPS) is 12.3. The number of nitrogens with one attached hydrogen (secondary N) is 1. The van der Waals surface area contributed by atoms with Crippen LogP contribution in [0.2, 0.25) is 0 Å². The van der Waals surface area contributed by atoms with E-state index in [1.165, 1.54) is 14.7 Å². The molecular weight excluding hydrogens is 333 g/mol. The molecule has 0 saturated carbocycles. The first-order valence-corrected chi connectivity index (χ1v) is 7.40. The van der Waals surface area contributed by atoms with Crippen LogP contribution in [-0.4, -0.2) is 6.54 Å². The van der Waals surface area contributed by atoms with E-state index in [0.717, 1.165) is 13.0 Å². The van der Waals surface area contributed by atoms with Crippen molar-refractivity contribution in [3.63, 3.8) is 0 Å². The number of halogens is 1. The molecule has 0 saturated heterocycles. The van der Waals surface area contributed by atoms with Gasteiger partial charge in [-0.15, -0.1) is 0 Å². The van der Waals surface area contributed by atoms with Gasteiger partial charge in [0.15, 0.2) is 0 Å². The Balaban J connectivity index is 2.15. The molecule has 0 aromatic heterocycles. The Kier molecular flexibility index (Phi) is 5.20. The van der Waals surface area contributed by atoms with Crippen molar-refractivity contribution in [2.24, 2.45) is 0 Å². The maximum absolute atomic E-state index is 3.56. The first-order valence-electron chi connectivity index (χ1n) is 6.32. The van der Waals surface area contributed by atoms with E-state index in [1.54, 1.807) is 0 Å². The summed E-state index contributed by atoms with van der Waals surface area (Å²) < 4.78 is 1.28. The molecule has 1 atom stereocenters. The molecule has 94 valence electrons. The highest BCUT2D eigenvalue weighted by atomic mass is 127.